The summed E-state index contributed by atoms with van der Waals surface area (Å²) in [5.41, 5.74) is 0.823. The molecule has 0 unspecified atom stereocenters. The number of furan rings is 1. The molecule has 1 aliphatic rings. The maximum atomic E-state index is 13.7. The highest BCUT2D eigenvalue weighted by Gasteiger charge is 2.32. The second kappa shape index (κ2) is 6.63. The lowest BCUT2D eigenvalue weighted by Gasteiger charge is -2.38. The Kier molecular flexibility index (Phi) is 4.60. The SMILES string of the molecule is C[C@@H](C[C@H](O)c1ccco1)NC1CC(c2ccccc2F)C1. The molecule has 1 saturated carbocycles. The highest BCUT2D eigenvalue weighted by Crippen LogP contribution is 2.38. The zero-order valence-electron chi connectivity index (χ0n) is 12.7. The van der Waals surface area contributed by atoms with Gasteiger partial charge in [-0.25, -0.2) is 4.39 Å². The van der Waals surface area contributed by atoms with Crippen molar-refractivity contribution in [2.45, 2.75) is 50.3 Å². The molecular weight excluding hydrogens is 281 g/mol. The van der Waals surface area contributed by atoms with Gasteiger partial charge in [0.1, 0.15) is 17.7 Å². The molecule has 0 amide bonds. The smallest absolute Gasteiger partial charge is 0.132 e. The van der Waals surface area contributed by atoms with Crippen LogP contribution in [-0.4, -0.2) is 17.2 Å². The van der Waals surface area contributed by atoms with E-state index in [-0.39, 0.29) is 11.9 Å². The molecule has 4 heteroatoms. The first-order valence-electron chi connectivity index (χ1n) is 7.85. The van der Waals surface area contributed by atoms with Crippen molar-refractivity contribution in [3.8, 4) is 0 Å². The fraction of sp³-hybridized carbons (Fsp3) is 0.444. The van der Waals surface area contributed by atoms with E-state index in [0.717, 1.165) is 18.4 Å². The van der Waals surface area contributed by atoms with Crippen molar-refractivity contribution in [1.29, 1.82) is 0 Å². The van der Waals surface area contributed by atoms with Gasteiger partial charge in [0.25, 0.3) is 0 Å². The number of nitrogens with one attached hydrogen (secondary N) is 1. The van der Waals surface area contributed by atoms with Crippen LogP contribution in [0.5, 0.6) is 0 Å². The summed E-state index contributed by atoms with van der Waals surface area (Å²) in [5, 5.41) is 13.6. The van der Waals surface area contributed by atoms with Crippen molar-refractivity contribution in [1.82, 2.24) is 5.32 Å². The molecule has 0 aliphatic heterocycles. The van der Waals surface area contributed by atoms with Crippen LogP contribution in [0, 0.1) is 5.82 Å². The first-order valence-corrected chi connectivity index (χ1v) is 7.85. The van der Waals surface area contributed by atoms with Crippen LogP contribution in [0.15, 0.2) is 47.1 Å². The van der Waals surface area contributed by atoms with Crippen LogP contribution in [0.25, 0.3) is 0 Å². The maximum Gasteiger partial charge on any atom is 0.132 e. The number of aliphatic hydroxyl groups excluding tert-OH is 1. The molecule has 22 heavy (non-hydrogen) atoms. The summed E-state index contributed by atoms with van der Waals surface area (Å²) in [6.07, 6.45) is 3.49. The summed E-state index contributed by atoms with van der Waals surface area (Å²) in [5.74, 6) is 0.805. The van der Waals surface area contributed by atoms with Crippen LogP contribution in [0.2, 0.25) is 0 Å². The summed E-state index contributed by atoms with van der Waals surface area (Å²) in [7, 11) is 0. The number of aliphatic hydroxyl groups is 1. The molecule has 1 aromatic carbocycles. The Morgan fingerprint density at radius 3 is 2.73 bits per heavy atom. The predicted molar refractivity (Wildman–Crippen MR) is 83.0 cm³/mol. The van der Waals surface area contributed by atoms with E-state index in [4.69, 9.17) is 4.42 Å². The first kappa shape index (κ1) is 15.3. The Bertz CT molecular complexity index is 593. The molecule has 2 aromatic rings. The molecule has 3 rings (SSSR count). The third kappa shape index (κ3) is 3.39. The Hall–Kier alpha value is -1.65. The van der Waals surface area contributed by atoms with Crippen molar-refractivity contribution >= 4 is 0 Å². The third-order valence-electron chi connectivity index (χ3n) is 4.45. The van der Waals surface area contributed by atoms with Crippen LogP contribution in [-0.2, 0) is 0 Å². The molecule has 118 valence electrons. The van der Waals surface area contributed by atoms with Crippen LogP contribution in [0.1, 0.15) is 49.5 Å². The number of hydrogen-bond acceptors (Lipinski definition) is 3. The normalized spacial score (nSPS) is 23.8. The lowest BCUT2D eigenvalue weighted by atomic mass is 9.75. The molecule has 1 aliphatic carbocycles. The van der Waals surface area contributed by atoms with Crippen molar-refractivity contribution in [2.75, 3.05) is 0 Å². The van der Waals surface area contributed by atoms with E-state index in [9.17, 15) is 9.50 Å². The summed E-state index contributed by atoms with van der Waals surface area (Å²) in [6.45, 7) is 2.06. The fourth-order valence-electron chi connectivity index (χ4n) is 3.22. The van der Waals surface area contributed by atoms with E-state index in [1.165, 1.54) is 6.07 Å². The zero-order valence-corrected chi connectivity index (χ0v) is 12.7. The van der Waals surface area contributed by atoms with Crippen LogP contribution in [0.3, 0.4) is 0 Å². The number of benzene rings is 1. The molecule has 0 bridgehead atoms. The minimum Gasteiger partial charge on any atom is -0.467 e. The largest absolute Gasteiger partial charge is 0.467 e. The highest BCUT2D eigenvalue weighted by molar-refractivity contribution is 5.24. The molecule has 1 fully saturated rings. The average Bonchev–Trinajstić information content (AvgIpc) is 2.98. The van der Waals surface area contributed by atoms with Crippen molar-refractivity contribution in [3.63, 3.8) is 0 Å². The van der Waals surface area contributed by atoms with Crippen LogP contribution < -0.4 is 5.32 Å². The Morgan fingerprint density at radius 1 is 1.27 bits per heavy atom. The second-order valence-electron chi connectivity index (χ2n) is 6.22. The van der Waals surface area contributed by atoms with Gasteiger partial charge >= 0.3 is 0 Å². The maximum absolute atomic E-state index is 13.7. The van der Waals surface area contributed by atoms with E-state index >= 15 is 0 Å². The van der Waals surface area contributed by atoms with E-state index in [1.807, 2.05) is 12.1 Å². The summed E-state index contributed by atoms with van der Waals surface area (Å²) < 4.78 is 18.9. The minimum absolute atomic E-state index is 0.104. The number of hydrogen-bond donors (Lipinski definition) is 2. The van der Waals surface area contributed by atoms with Gasteiger partial charge in [-0.3, -0.25) is 0 Å². The predicted octanol–water partition coefficient (Wildman–Crippen LogP) is 3.77. The summed E-state index contributed by atoms with van der Waals surface area (Å²) >= 11 is 0. The molecule has 1 aromatic heterocycles. The minimum atomic E-state index is -0.583. The van der Waals surface area contributed by atoms with Crippen molar-refractivity contribution in [2.24, 2.45) is 0 Å². The van der Waals surface area contributed by atoms with Gasteiger partial charge in [0.05, 0.1) is 6.26 Å². The van der Waals surface area contributed by atoms with Gasteiger partial charge in [-0.15, -0.1) is 0 Å². The molecular formula is C18H22FNO2. The highest BCUT2D eigenvalue weighted by atomic mass is 19.1. The number of rotatable bonds is 6. The molecule has 0 saturated heterocycles. The lowest BCUT2D eigenvalue weighted by molar-refractivity contribution is 0.122. The topological polar surface area (TPSA) is 45.4 Å². The van der Waals surface area contributed by atoms with Gasteiger partial charge in [0.15, 0.2) is 0 Å². The average molecular weight is 303 g/mol. The van der Waals surface area contributed by atoms with Crippen LogP contribution in [0.4, 0.5) is 4.39 Å². The van der Waals surface area contributed by atoms with Crippen LogP contribution >= 0.6 is 0 Å². The molecule has 3 nitrogen and oxygen atoms in total. The fourth-order valence-corrected chi connectivity index (χ4v) is 3.22. The van der Waals surface area contributed by atoms with Crippen molar-refractivity contribution in [3.05, 3.63) is 59.8 Å². The standard InChI is InChI=1S/C18H22FNO2/c1-12(9-17(21)18-7-4-8-22-18)20-14-10-13(11-14)15-5-2-3-6-16(15)19/h2-8,12-14,17,20-21H,9-11H2,1H3/t12-,13?,14?,17-/m0/s1. The zero-order chi connectivity index (χ0) is 15.5. The molecule has 1 heterocycles. The summed E-state index contributed by atoms with van der Waals surface area (Å²) in [6, 6.07) is 11.2. The van der Waals surface area contributed by atoms with Gasteiger partial charge in [-0.1, -0.05) is 18.2 Å². The first-order chi connectivity index (χ1) is 10.6. The Morgan fingerprint density at radius 2 is 2.05 bits per heavy atom. The Labute approximate surface area is 130 Å². The van der Waals surface area contributed by atoms with Crippen molar-refractivity contribution < 1.29 is 13.9 Å². The molecule has 2 atom stereocenters. The lowest BCUT2D eigenvalue weighted by Crippen LogP contribution is -2.45. The molecule has 2 N–H and O–H groups in total. The monoisotopic (exact) mass is 303 g/mol. The van der Waals surface area contributed by atoms with E-state index < -0.39 is 6.10 Å². The third-order valence-corrected chi connectivity index (χ3v) is 4.45. The van der Waals surface area contributed by atoms with Gasteiger partial charge in [-0.05, 0) is 55.9 Å². The molecule has 0 spiro atoms. The van der Waals surface area contributed by atoms with Gasteiger partial charge in [-0.2, -0.15) is 0 Å². The van der Waals surface area contributed by atoms with E-state index in [0.29, 0.717) is 24.1 Å². The Balaban J connectivity index is 1.45. The quantitative estimate of drug-likeness (QED) is 0.854. The summed E-state index contributed by atoms with van der Waals surface area (Å²) in [4.78, 5) is 0. The van der Waals surface area contributed by atoms with Gasteiger partial charge in [0, 0.05) is 12.1 Å². The molecule has 0 radical (unpaired) electrons. The second-order valence-corrected chi connectivity index (χ2v) is 6.22. The van der Waals surface area contributed by atoms with Gasteiger partial charge in [0.2, 0.25) is 0 Å². The number of halogens is 1. The van der Waals surface area contributed by atoms with E-state index in [1.54, 1.807) is 24.5 Å². The van der Waals surface area contributed by atoms with E-state index in [2.05, 4.69) is 12.2 Å². The van der Waals surface area contributed by atoms with Gasteiger partial charge < -0.3 is 14.8 Å².